The Hall–Kier alpha value is -1.61. The fraction of sp³-hybridized carbons (Fsp3) is 0.526. The van der Waals surface area contributed by atoms with Gasteiger partial charge >= 0.3 is 0 Å². The highest BCUT2D eigenvalue weighted by molar-refractivity contribution is 5.69. The zero-order valence-electron chi connectivity index (χ0n) is 13.6. The molecule has 0 fully saturated rings. The van der Waals surface area contributed by atoms with Crippen LogP contribution in [0, 0.1) is 0 Å². The smallest absolute Gasteiger partial charge is 0.189 e. The molecule has 0 atom stereocenters. The average Bonchev–Trinajstić information content (AvgIpc) is 2.57. The molecule has 0 bridgehead atoms. The van der Waals surface area contributed by atoms with Gasteiger partial charge in [0.05, 0.1) is 6.61 Å². The highest BCUT2D eigenvalue weighted by atomic mass is 16.7. The molecule has 0 aliphatic rings. The fourth-order valence-corrected chi connectivity index (χ4v) is 2.15. The highest BCUT2D eigenvalue weighted by Crippen LogP contribution is 2.09. The Morgan fingerprint density at radius 2 is 1.77 bits per heavy atom. The van der Waals surface area contributed by atoms with E-state index in [0.717, 1.165) is 24.7 Å². The van der Waals surface area contributed by atoms with Crippen molar-refractivity contribution in [2.24, 2.45) is 0 Å². The molecule has 22 heavy (non-hydrogen) atoms. The minimum Gasteiger partial charge on any atom is -0.464 e. The largest absolute Gasteiger partial charge is 0.464 e. The summed E-state index contributed by atoms with van der Waals surface area (Å²) >= 11 is 0. The first-order valence-corrected chi connectivity index (χ1v) is 8.26. The SMILES string of the molecule is CCCCCCCCC=C(C=O)OCOCc1ccccc1. The molecule has 0 amide bonds. The lowest BCUT2D eigenvalue weighted by Crippen LogP contribution is -2.01. The molecule has 0 heterocycles. The van der Waals surface area contributed by atoms with Gasteiger partial charge in [-0.15, -0.1) is 0 Å². The van der Waals surface area contributed by atoms with Crippen molar-refractivity contribution < 1.29 is 14.3 Å². The summed E-state index contributed by atoms with van der Waals surface area (Å²) in [6.45, 7) is 2.82. The Bertz CT molecular complexity index is 412. The second-order valence-electron chi connectivity index (χ2n) is 5.38. The topological polar surface area (TPSA) is 35.5 Å². The van der Waals surface area contributed by atoms with Gasteiger partial charge in [0.15, 0.2) is 18.8 Å². The van der Waals surface area contributed by atoms with E-state index in [1.165, 1.54) is 32.1 Å². The molecule has 0 radical (unpaired) electrons. The zero-order chi connectivity index (χ0) is 15.9. The van der Waals surface area contributed by atoms with Crippen molar-refractivity contribution in [3.63, 3.8) is 0 Å². The van der Waals surface area contributed by atoms with Crippen LogP contribution in [0.1, 0.15) is 57.4 Å². The molecule has 1 rings (SSSR count). The van der Waals surface area contributed by atoms with Crippen molar-refractivity contribution in [1.82, 2.24) is 0 Å². The number of carbonyl (C=O) groups is 1. The number of carbonyl (C=O) groups excluding carboxylic acids is 1. The van der Waals surface area contributed by atoms with Gasteiger partial charge in [0, 0.05) is 0 Å². The van der Waals surface area contributed by atoms with Gasteiger partial charge in [0.25, 0.3) is 0 Å². The molecule has 0 aromatic heterocycles. The highest BCUT2D eigenvalue weighted by Gasteiger charge is 1.97. The molecule has 0 saturated heterocycles. The van der Waals surface area contributed by atoms with Crippen molar-refractivity contribution in [3.8, 4) is 0 Å². The standard InChI is InChI=1S/C19H28O3/c1-2-3-4-5-6-7-11-14-19(15-20)22-17-21-16-18-12-9-8-10-13-18/h8-10,12-15H,2-7,11,16-17H2,1H3. The Morgan fingerprint density at radius 1 is 1.05 bits per heavy atom. The number of unbranched alkanes of at least 4 members (excludes halogenated alkanes) is 6. The number of hydrogen-bond donors (Lipinski definition) is 0. The van der Waals surface area contributed by atoms with E-state index in [9.17, 15) is 4.79 Å². The van der Waals surface area contributed by atoms with Crippen LogP contribution in [0.3, 0.4) is 0 Å². The molecule has 1 aromatic rings. The molecule has 1 aromatic carbocycles. The number of ether oxygens (including phenoxy) is 2. The van der Waals surface area contributed by atoms with E-state index in [-0.39, 0.29) is 6.79 Å². The van der Waals surface area contributed by atoms with Crippen LogP contribution >= 0.6 is 0 Å². The van der Waals surface area contributed by atoms with Crippen molar-refractivity contribution in [2.75, 3.05) is 6.79 Å². The monoisotopic (exact) mass is 304 g/mol. The molecule has 0 aliphatic heterocycles. The predicted molar refractivity (Wildman–Crippen MR) is 89.3 cm³/mol. The van der Waals surface area contributed by atoms with Crippen LogP contribution in [-0.4, -0.2) is 13.1 Å². The van der Waals surface area contributed by atoms with Crippen molar-refractivity contribution in [2.45, 2.75) is 58.5 Å². The van der Waals surface area contributed by atoms with Crippen LogP contribution in [-0.2, 0) is 20.9 Å². The zero-order valence-corrected chi connectivity index (χ0v) is 13.6. The average molecular weight is 304 g/mol. The van der Waals surface area contributed by atoms with Gasteiger partial charge in [-0.3, -0.25) is 4.79 Å². The molecule has 0 spiro atoms. The van der Waals surface area contributed by atoms with Crippen LogP contribution in [0.5, 0.6) is 0 Å². The summed E-state index contributed by atoms with van der Waals surface area (Å²) in [5.74, 6) is 0.376. The third kappa shape index (κ3) is 9.35. The maximum absolute atomic E-state index is 10.9. The normalized spacial score (nSPS) is 11.4. The van der Waals surface area contributed by atoms with Crippen molar-refractivity contribution in [1.29, 1.82) is 0 Å². The predicted octanol–water partition coefficient (Wildman–Crippen LogP) is 5.01. The summed E-state index contributed by atoms with van der Waals surface area (Å²) in [5, 5.41) is 0. The van der Waals surface area contributed by atoms with Crippen LogP contribution in [0.2, 0.25) is 0 Å². The summed E-state index contributed by atoms with van der Waals surface area (Å²) in [6, 6.07) is 9.90. The van der Waals surface area contributed by atoms with E-state index in [4.69, 9.17) is 9.47 Å². The van der Waals surface area contributed by atoms with Gasteiger partial charge < -0.3 is 9.47 Å². The van der Waals surface area contributed by atoms with Gasteiger partial charge in [0.2, 0.25) is 0 Å². The summed E-state index contributed by atoms with van der Waals surface area (Å²) in [6.07, 6.45) is 11.0. The Labute approximate surface area is 134 Å². The minimum atomic E-state index is 0.107. The van der Waals surface area contributed by atoms with Gasteiger partial charge in [-0.2, -0.15) is 0 Å². The number of aldehydes is 1. The Morgan fingerprint density at radius 3 is 2.50 bits per heavy atom. The van der Waals surface area contributed by atoms with Gasteiger partial charge in [0.1, 0.15) is 0 Å². The molecule has 3 heteroatoms. The molecule has 3 nitrogen and oxygen atoms in total. The Kier molecular flexibility index (Phi) is 11.0. The first kappa shape index (κ1) is 18.4. The van der Waals surface area contributed by atoms with E-state index < -0.39 is 0 Å². The van der Waals surface area contributed by atoms with Crippen LogP contribution in [0.4, 0.5) is 0 Å². The Balaban J connectivity index is 2.08. The van der Waals surface area contributed by atoms with E-state index in [0.29, 0.717) is 12.4 Å². The summed E-state index contributed by atoms with van der Waals surface area (Å²) < 4.78 is 10.7. The lowest BCUT2D eigenvalue weighted by atomic mass is 10.1. The van der Waals surface area contributed by atoms with Gasteiger partial charge in [-0.05, 0) is 24.5 Å². The molecule has 0 aliphatic carbocycles. The number of rotatable bonds is 13. The van der Waals surface area contributed by atoms with Crippen molar-refractivity contribution in [3.05, 3.63) is 47.7 Å². The molecule has 0 unspecified atom stereocenters. The second-order valence-corrected chi connectivity index (χ2v) is 5.38. The minimum absolute atomic E-state index is 0.107. The molecule has 0 N–H and O–H groups in total. The van der Waals surface area contributed by atoms with Gasteiger partial charge in [-0.1, -0.05) is 69.4 Å². The van der Waals surface area contributed by atoms with E-state index in [2.05, 4.69) is 6.92 Å². The summed E-state index contributed by atoms with van der Waals surface area (Å²) in [4.78, 5) is 10.9. The lowest BCUT2D eigenvalue weighted by molar-refractivity contribution is -0.111. The maximum atomic E-state index is 10.9. The summed E-state index contributed by atoms with van der Waals surface area (Å²) in [5.41, 5.74) is 1.09. The van der Waals surface area contributed by atoms with Crippen molar-refractivity contribution >= 4 is 6.29 Å². The first-order valence-electron chi connectivity index (χ1n) is 8.26. The maximum Gasteiger partial charge on any atom is 0.189 e. The van der Waals surface area contributed by atoms with Gasteiger partial charge in [-0.25, -0.2) is 0 Å². The molecular weight excluding hydrogens is 276 g/mol. The molecule has 0 saturated carbocycles. The van der Waals surface area contributed by atoms with E-state index in [1.54, 1.807) is 0 Å². The molecule has 122 valence electrons. The third-order valence-electron chi connectivity index (χ3n) is 3.44. The molecular formula is C19H28O3. The van der Waals surface area contributed by atoms with E-state index >= 15 is 0 Å². The summed E-state index contributed by atoms with van der Waals surface area (Å²) in [7, 11) is 0. The first-order chi connectivity index (χ1) is 10.9. The van der Waals surface area contributed by atoms with Crippen LogP contribution in [0.15, 0.2) is 42.2 Å². The second kappa shape index (κ2) is 13.1. The quantitative estimate of drug-likeness (QED) is 0.169. The van der Waals surface area contributed by atoms with Crippen LogP contribution < -0.4 is 0 Å². The van der Waals surface area contributed by atoms with Crippen LogP contribution in [0.25, 0.3) is 0 Å². The third-order valence-corrected chi connectivity index (χ3v) is 3.44. The number of allylic oxidation sites excluding steroid dienone is 2. The van der Waals surface area contributed by atoms with E-state index in [1.807, 2.05) is 36.4 Å². The lowest BCUT2D eigenvalue weighted by Gasteiger charge is -2.07. The number of benzene rings is 1. The fourth-order valence-electron chi connectivity index (χ4n) is 2.15. The number of hydrogen-bond acceptors (Lipinski definition) is 3.